The molecule has 0 aliphatic carbocycles. The fourth-order valence-corrected chi connectivity index (χ4v) is 1.74. The number of benzene rings is 1. The highest BCUT2D eigenvalue weighted by Crippen LogP contribution is 2.25. The largest absolute Gasteiger partial charge is 0.393 e. The van der Waals surface area contributed by atoms with Crippen LogP contribution in [-0.2, 0) is 6.42 Å². The Hall–Kier alpha value is -1.76. The molecule has 0 aliphatic heterocycles. The van der Waals surface area contributed by atoms with Crippen molar-refractivity contribution < 1.29 is 23.1 Å². The average Bonchev–Trinajstić information content (AvgIpc) is 2.39. The lowest BCUT2D eigenvalue weighted by molar-refractivity contribution is -0.127. The van der Waals surface area contributed by atoms with Crippen LogP contribution in [0.3, 0.4) is 0 Å². The summed E-state index contributed by atoms with van der Waals surface area (Å²) in [5.41, 5.74) is 0.136. The highest BCUT2D eigenvalue weighted by atomic mass is 19.4. The predicted octanol–water partition coefficient (Wildman–Crippen LogP) is 3.07. The molecule has 21 heavy (non-hydrogen) atoms. The smallest absolute Gasteiger partial charge is 0.393 e. The van der Waals surface area contributed by atoms with E-state index in [0.717, 1.165) is 0 Å². The Labute approximate surface area is 121 Å². The van der Waals surface area contributed by atoms with Gasteiger partial charge < -0.3 is 15.7 Å². The molecule has 1 aromatic carbocycles. The molecular weight excluding hydrogens is 285 g/mol. The van der Waals surface area contributed by atoms with Gasteiger partial charge >= 0.3 is 12.2 Å². The van der Waals surface area contributed by atoms with E-state index < -0.39 is 24.7 Å². The number of urea groups is 1. The monoisotopic (exact) mass is 304 g/mol. The van der Waals surface area contributed by atoms with E-state index in [1.165, 1.54) is 18.2 Å². The molecular formula is C14H19F3N2O2. The lowest BCUT2D eigenvalue weighted by Crippen LogP contribution is -2.31. The van der Waals surface area contributed by atoms with Gasteiger partial charge in [0.25, 0.3) is 0 Å². The van der Waals surface area contributed by atoms with Gasteiger partial charge in [0.2, 0.25) is 0 Å². The number of aliphatic hydroxyl groups excluding tert-OH is 1. The number of hydrogen-bond acceptors (Lipinski definition) is 2. The molecule has 1 aromatic rings. The second kappa shape index (κ2) is 7.87. The van der Waals surface area contributed by atoms with E-state index in [2.05, 4.69) is 10.6 Å². The van der Waals surface area contributed by atoms with Crippen molar-refractivity contribution in [1.29, 1.82) is 0 Å². The summed E-state index contributed by atoms with van der Waals surface area (Å²) in [5, 5.41) is 14.2. The standard InChI is InChI=1S/C14H19F3N2O2/c1-2-11(20)7-8-18-13(21)19-12-6-4-3-5-10(12)9-14(15,16)17/h3-6,11,20H,2,7-9H2,1H3,(H2,18,19,21). The van der Waals surface area contributed by atoms with Crippen molar-refractivity contribution in [1.82, 2.24) is 5.32 Å². The molecule has 0 saturated heterocycles. The van der Waals surface area contributed by atoms with Gasteiger partial charge in [-0.15, -0.1) is 0 Å². The number of carbonyl (C=O) groups excluding carboxylic acids is 1. The minimum Gasteiger partial charge on any atom is -0.393 e. The zero-order valence-corrected chi connectivity index (χ0v) is 11.7. The molecule has 1 atom stereocenters. The highest BCUT2D eigenvalue weighted by Gasteiger charge is 2.28. The number of anilines is 1. The number of nitrogens with one attached hydrogen (secondary N) is 2. The van der Waals surface area contributed by atoms with E-state index in [1.807, 2.05) is 6.92 Å². The predicted molar refractivity (Wildman–Crippen MR) is 74.1 cm³/mol. The normalized spacial score (nSPS) is 12.8. The molecule has 3 N–H and O–H groups in total. The Bertz CT molecular complexity index is 464. The molecule has 1 rings (SSSR count). The Morgan fingerprint density at radius 2 is 2.00 bits per heavy atom. The van der Waals surface area contributed by atoms with E-state index >= 15 is 0 Å². The number of aliphatic hydroxyl groups is 1. The van der Waals surface area contributed by atoms with Crippen LogP contribution < -0.4 is 10.6 Å². The Morgan fingerprint density at radius 1 is 1.33 bits per heavy atom. The molecule has 0 bridgehead atoms. The summed E-state index contributed by atoms with van der Waals surface area (Å²) in [7, 11) is 0. The third kappa shape index (κ3) is 6.99. The van der Waals surface area contributed by atoms with Gasteiger partial charge in [0.1, 0.15) is 0 Å². The maximum Gasteiger partial charge on any atom is 0.393 e. The zero-order valence-electron chi connectivity index (χ0n) is 11.7. The summed E-state index contributed by atoms with van der Waals surface area (Å²) in [6.07, 6.45) is -4.95. The molecule has 0 spiro atoms. The van der Waals surface area contributed by atoms with Gasteiger partial charge in [-0.3, -0.25) is 0 Å². The first-order chi connectivity index (χ1) is 9.81. The Balaban J connectivity index is 2.56. The molecule has 0 fully saturated rings. The number of para-hydroxylation sites is 1. The van der Waals surface area contributed by atoms with Crippen molar-refractivity contribution in [3.05, 3.63) is 29.8 Å². The zero-order chi connectivity index (χ0) is 15.9. The van der Waals surface area contributed by atoms with E-state index in [9.17, 15) is 23.1 Å². The summed E-state index contributed by atoms with van der Waals surface area (Å²) in [5.74, 6) is 0. The molecule has 0 saturated carbocycles. The van der Waals surface area contributed by atoms with Crippen molar-refractivity contribution >= 4 is 11.7 Å². The average molecular weight is 304 g/mol. The fraction of sp³-hybridized carbons (Fsp3) is 0.500. The van der Waals surface area contributed by atoms with Gasteiger partial charge in [-0.1, -0.05) is 25.1 Å². The second-order valence-corrected chi connectivity index (χ2v) is 4.68. The Morgan fingerprint density at radius 3 is 2.62 bits per heavy atom. The highest BCUT2D eigenvalue weighted by molar-refractivity contribution is 5.90. The van der Waals surface area contributed by atoms with Crippen LogP contribution >= 0.6 is 0 Å². The number of carbonyl (C=O) groups is 1. The first-order valence-electron chi connectivity index (χ1n) is 6.69. The van der Waals surface area contributed by atoms with Gasteiger partial charge in [0.15, 0.2) is 0 Å². The van der Waals surface area contributed by atoms with E-state index in [-0.39, 0.29) is 17.8 Å². The van der Waals surface area contributed by atoms with E-state index in [1.54, 1.807) is 6.07 Å². The number of halogens is 3. The molecule has 118 valence electrons. The summed E-state index contributed by atoms with van der Waals surface area (Å²) in [6, 6.07) is 5.19. The lowest BCUT2D eigenvalue weighted by atomic mass is 10.1. The van der Waals surface area contributed by atoms with Crippen LogP contribution in [0.1, 0.15) is 25.3 Å². The molecule has 0 aromatic heterocycles. The lowest BCUT2D eigenvalue weighted by Gasteiger charge is -2.14. The van der Waals surface area contributed by atoms with Crippen LogP contribution in [0.5, 0.6) is 0 Å². The van der Waals surface area contributed by atoms with Crippen LogP contribution in [0.25, 0.3) is 0 Å². The molecule has 0 radical (unpaired) electrons. The van der Waals surface area contributed by atoms with Crippen LogP contribution in [0.2, 0.25) is 0 Å². The molecule has 1 unspecified atom stereocenters. The van der Waals surface area contributed by atoms with E-state index in [0.29, 0.717) is 12.8 Å². The number of amides is 2. The van der Waals surface area contributed by atoms with Gasteiger partial charge in [-0.05, 0) is 24.5 Å². The van der Waals surface area contributed by atoms with Crippen molar-refractivity contribution in [3.63, 3.8) is 0 Å². The van der Waals surface area contributed by atoms with Crippen LogP contribution in [0.15, 0.2) is 24.3 Å². The molecule has 2 amide bonds. The van der Waals surface area contributed by atoms with Crippen molar-refractivity contribution in [2.75, 3.05) is 11.9 Å². The van der Waals surface area contributed by atoms with Crippen LogP contribution in [0, 0.1) is 0 Å². The minimum atomic E-state index is -4.33. The summed E-state index contributed by atoms with van der Waals surface area (Å²) in [4.78, 5) is 11.6. The number of hydrogen-bond donors (Lipinski definition) is 3. The van der Waals surface area contributed by atoms with Gasteiger partial charge in [-0.25, -0.2) is 4.79 Å². The molecule has 0 heterocycles. The molecule has 0 aliphatic rings. The van der Waals surface area contributed by atoms with Crippen molar-refractivity contribution in [2.45, 2.75) is 38.5 Å². The molecule has 7 heteroatoms. The van der Waals surface area contributed by atoms with Crippen molar-refractivity contribution in [2.24, 2.45) is 0 Å². The third-order valence-electron chi connectivity index (χ3n) is 2.89. The summed E-state index contributed by atoms with van der Waals surface area (Å²) >= 11 is 0. The van der Waals surface area contributed by atoms with Crippen molar-refractivity contribution in [3.8, 4) is 0 Å². The molecule has 4 nitrogen and oxygen atoms in total. The second-order valence-electron chi connectivity index (χ2n) is 4.68. The summed E-state index contributed by atoms with van der Waals surface area (Å²) in [6.45, 7) is 2.07. The van der Waals surface area contributed by atoms with Crippen LogP contribution in [-0.4, -0.2) is 30.0 Å². The maximum absolute atomic E-state index is 12.4. The van der Waals surface area contributed by atoms with Gasteiger partial charge in [-0.2, -0.15) is 13.2 Å². The number of rotatable bonds is 6. The summed E-state index contributed by atoms with van der Waals surface area (Å²) < 4.78 is 37.3. The van der Waals surface area contributed by atoms with Gasteiger partial charge in [0.05, 0.1) is 12.5 Å². The topological polar surface area (TPSA) is 61.4 Å². The first kappa shape index (κ1) is 17.3. The number of alkyl halides is 3. The quantitative estimate of drug-likeness (QED) is 0.756. The van der Waals surface area contributed by atoms with Gasteiger partial charge in [0, 0.05) is 12.2 Å². The minimum absolute atomic E-state index is 0.00810. The van der Waals surface area contributed by atoms with Crippen LogP contribution in [0.4, 0.5) is 23.7 Å². The SMILES string of the molecule is CCC(O)CCNC(=O)Nc1ccccc1CC(F)(F)F. The first-order valence-corrected chi connectivity index (χ1v) is 6.69. The third-order valence-corrected chi connectivity index (χ3v) is 2.89. The fourth-order valence-electron chi connectivity index (χ4n) is 1.74. The Kier molecular flexibility index (Phi) is 6.48. The maximum atomic E-state index is 12.4. The van der Waals surface area contributed by atoms with E-state index in [4.69, 9.17) is 0 Å².